The number of carbonyl (C=O) groups excluding carboxylic acids is 1. The van der Waals surface area contributed by atoms with Gasteiger partial charge in [0.15, 0.2) is 0 Å². The summed E-state index contributed by atoms with van der Waals surface area (Å²) in [5.41, 5.74) is -0.731. The number of ketones is 1. The molecular weight excluding hydrogens is 209 g/mol. The first-order valence-electron chi connectivity index (χ1n) is 3.88. The van der Waals surface area contributed by atoms with Gasteiger partial charge in [0.2, 0.25) is 5.78 Å². The monoisotopic (exact) mass is 214 g/mol. The van der Waals surface area contributed by atoms with Gasteiger partial charge >= 0.3 is 6.18 Å². The normalized spacial score (nSPS) is 10.8. The molecule has 0 bridgehead atoms. The molecule has 78 valence electrons. The Hall–Kier alpha value is -1.90. The molecule has 0 aromatic carbocycles. The number of alkyl halides is 3. The Morgan fingerprint density at radius 2 is 2.13 bits per heavy atom. The van der Waals surface area contributed by atoms with Crippen LogP contribution in [0.2, 0.25) is 0 Å². The maximum atomic E-state index is 12.1. The summed E-state index contributed by atoms with van der Waals surface area (Å²) >= 11 is 0. The van der Waals surface area contributed by atoms with E-state index in [4.69, 9.17) is 5.26 Å². The molecule has 0 unspecified atom stereocenters. The topological polar surface area (TPSA) is 53.8 Å². The number of carbonyl (C=O) groups is 1. The Kier molecular flexibility index (Phi) is 3.04. The molecule has 0 amide bonds. The van der Waals surface area contributed by atoms with Gasteiger partial charge in [0.25, 0.3) is 0 Å². The molecule has 0 saturated heterocycles. The largest absolute Gasteiger partial charge is 0.417 e. The average molecular weight is 214 g/mol. The Balaban J connectivity index is 2.83. The molecule has 0 fully saturated rings. The number of nitriles is 1. The van der Waals surface area contributed by atoms with E-state index in [1.165, 1.54) is 6.07 Å². The van der Waals surface area contributed by atoms with E-state index in [1.54, 1.807) is 0 Å². The fourth-order valence-corrected chi connectivity index (χ4v) is 0.901. The molecule has 0 spiro atoms. The minimum atomic E-state index is -4.44. The number of halogens is 3. The second-order valence-corrected chi connectivity index (χ2v) is 2.75. The Bertz CT molecular complexity index is 403. The third kappa shape index (κ3) is 3.06. The molecule has 1 aromatic heterocycles. The van der Waals surface area contributed by atoms with E-state index in [0.717, 1.165) is 12.1 Å². The molecule has 6 heteroatoms. The number of hydrogen-bond acceptors (Lipinski definition) is 3. The summed E-state index contributed by atoms with van der Waals surface area (Å²) in [5, 5.41) is 8.17. The maximum absolute atomic E-state index is 12.1. The highest BCUT2D eigenvalue weighted by atomic mass is 19.4. The van der Waals surface area contributed by atoms with Crippen molar-refractivity contribution in [2.45, 2.75) is 12.6 Å². The Morgan fingerprint density at radius 3 is 2.53 bits per heavy atom. The van der Waals surface area contributed by atoms with Gasteiger partial charge in [0, 0.05) is 11.9 Å². The van der Waals surface area contributed by atoms with E-state index in [-0.39, 0.29) is 12.1 Å². The SMILES string of the molecule is N#CC(=O)Cc1ccc(C(F)(F)F)cn1. The lowest BCUT2D eigenvalue weighted by molar-refractivity contribution is -0.137. The molecule has 0 N–H and O–H groups in total. The van der Waals surface area contributed by atoms with Crippen molar-refractivity contribution in [2.24, 2.45) is 0 Å². The Morgan fingerprint density at radius 1 is 1.47 bits per heavy atom. The fraction of sp³-hybridized carbons (Fsp3) is 0.222. The van der Waals surface area contributed by atoms with Crippen LogP contribution in [0.15, 0.2) is 18.3 Å². The number of Topliss-reactive ketones (excluding diaryl/α,β-unsaturated/α-hetero) is 1. The summed E-state index contributed by atoms with van der Waals surface area (Å²) in [6, 6.07) is 3.26. The average Bonchev–Trinajstić information content (AvgIpc) is 2.17. The van der Waals surface area contributed by atoms with Crippen LogP contribution < -0.4 is 0 Å². The summed E-state index contributed by atoms with van der Waals surface area (Å²) in [7, 11) is 0. The number of pyridine rings is 1. The number of hydrogen-bond donors (Lipinski definition) is 0. The van der Waals surface area contributed by atoms with E-state index in [9.17, 15) is 18.0 Å². The van der Waals surface area contributed by atoms with Crippen LogP contribution >= 0.6 is 0 Å². The maximum Gasteiger partial charge on any atom is 0.417 e. The lowest BCUT2D eigenvalue weighted by atomic mass is 10.2. The highest BCUT2D eigenvalue weighted by molar-refractivity contribution is 5.94. The molecule has 0 atom stereocenters. The molecule has 3 nitrogen and oxygen atoms in total. The minimum Gasteiger partial charge on any atom is -0.282 e. The summed E-state index contributed by atoms with van der Waals surface area (Å²) in [6.07, 6.45) is -4.07. The van der Waals surface area contributed by atoms with E-state index in [0.29, 0.717) is 6.20 Å². The summed E-state index contributed by atoms with van der Waals surface area (Å²) in [6.45, 7) is 0. The number of aromatic nitrogens is 1. The predicted molar refractivity (Wildman–Crippen MR) is 43.6 cm³/mol. The first-order chi connectivity index (χ1) is 6.93. The van der Waals surface area contributed by atoms with Gasteiger partial charge in [-0.05, 0) is 12.1 Å². The van der Waals surface area contributed by atoms with Crippen LogP contribution in [-0.2, 0) is 17.4 Å². The van der Waals surface area contributed by atoms with Crippen LogP contribution in [-0.4, -0.2) is 10.8 Å². The van der Waals surface area contributed by atoms with Crippen molar-refractivity contribution >= 4 is 5.78 Å². The van der Waals surface area contributed by atoms with Crippen molar-refractivity contribution in [1.82, 2.24) is 4.98 Å². The van der Waals surface area contributed by atoms with E-state index in [1.807, 2.05) is 0 Å². The molecule has 1 rings (SSSR count). The summed E-state index contributed by atoms with van der Waals surface area (Å²) < 4.78 is 36.3. The lowest BCUT2D eigenvalue weighted by Gasteiger charge is -2.05. The van der Waals surface area contributed by atoms with Gasteiger partial charge in [-0.3, -0.25) is 9.78 Å². The van der Waals surface area contributed by atoms with Gasteiger partial charge in [0.1, 0.15) is 6.07 Å². The molecule has 0 saturated carbocycles. The molecule has 0 radical (unpaired) electrons. The van der Waals surface area contributed by atoms with Gasteiger partial charge in [0.05, 0.1) is 12.0 Å². The van der Waals surface area contributed by atoms with Crippen molar-refractivity contribution in [1.29, 1.82) is 5.26 Å². The van der Waals surface area contributed by atoms with Crippen molar-refractivity contribution in [3.63, 3.8) is 0 Å². The van der Waals surface area contributed by atoms with Crippen molar-refractivity contribution in [3.05, 3.63) is 29.6 Å². The smallest absolute Gasteiger partial charge is 0.282 e. The van der Waals surface area contributed by atoms with Crippen molar-refractivity contribution < 1.29 is 18.0 Å². The van der Waals surface area contributed by atoms with E-state index < -0.39 is 17.5 Å². The molecule has 0 aliphatic carbocycles. The number of rotatable bonds is 2. The summed E-state index contributed by atoms with van der Waals surface area (Å²) in [4.78, 5) is 14.1. The van der Waals surface area contributed by atoms with Gasteiger partial charge in [-0.1, -0.05) is 0 Å². The van der Waals surface area contributed by atoms with E-state index in [2.05, 4.69) is 4.98 Å². The van der Waals surface area contributed by atoms with Crippen LogP contribution in [0.1, 0.15) is 11.3 Å². The van der Waals surface area contributed by atoms with Gasteiger partial charge in [-0.2, -0.15) is 18.4 Å². The summed E-state index contributed by atoms with van der Waals surface area (Å²) in [5.74, 6) is -0.734. The third-order valence-electron chi connectivity index (χ3n) is 1.62. The molecule has 15 heavy (non-hydrogen) atoms. The zero-order chi connectivity index (χ0) is 11.5. The van der Waals surface area contributed by atoms with E-state index >= 15 is 0 Å². The first-order valence-corrected chi connectivity index (χ1v) is 3.88. The highest BCUT2D eigenvalue weighted by Gasteiger charge is 2.30. The minimum absolute atomic E-state index is 0.148. The molecular formula is C9H5F3N2O. The first kappa shape index (κ1) is 11.2. The Labute approximate surface area is 83.2 Å². The van der Waals surface area contributed by atoms with Crippen LogP contribution in [0.25, 0.3) is 0 Å². The quantitative estimate of drug-likeness (QED) is 0.704. The van der Waals surface area contributed by atoms with Crippen LogP contribution in [0, 0.1) is 11.3 Å². The molecule has 0 aliphatic rings. The van der Waals surface area contributed by atoms with Gasteiger partial charge in [-0.15, -0.1) is 0 Å². The standard InChI is InChI=1S/C9H5F3N2O/c10-9(11,12)6-1-2-7(14-5-6)3-8(15)4-13/h1-2,5H,3H2. The van der Waals surface area contributed by atoms with Crippen LogP contribution in [0.4, 0.5) is 13.2 Å². The third-order valence-corrected chi connectivity index (χ3v) is 1.62. The fourth-order valence-electron chi connectivity index (χ4n) is 0.901. The van der Waals surface area contributed by atoms with Crippen molar-refractivity contribution in [3.8, 4) is 6.07 Å². The predicted octanol–water partition coefficient (Wildman–Crippen LogP) is 1.74. The zero-order valence-electron chi connectivity index (χ0n) is 7.38. The van der Waals surface area contributed by atoms with Crippen molar-refractivity contribution in [2.75, 3.05) is 0 Å². The van der Waals surface area contributed by atoms with Gasteiger partial charge < -0.3 is 0 Å². The highest BCUT2D eigenvalue weighted by Crippen LogP contribution is 2.28. The lowest BCUT2D eigenvalue weighted by Crippen LogP contribution is -2.07. The molecule has 0 aliphatic heterocycles. The van der Waals surface area contributed by atoms with Crippen LogP contribution in [0.5, 0.6) is 0 Å². The van der Waals surface area contributed by atoms with Gasteiger partial charge in [-0.25, -0.2) is 0 Å². The zero-order valence-corrected chi connectivity index (χ0v) is 7.38. The van der Waals surface area contributed by atoms with Crippen LogP contribution in [0.3, 0.4) is 0 Å². The number of nitrogens with zero attached hydrogens (tertiary/aromatic N) is 2. The molecule has 1 aromatic rings. The molecule has 1 heterocycles. The second-order valence-electron chi connectivity index (χ2n) is 2.75. The second kappa shape index (κ2) is 4.09.